The molecule has 218 valence electrons. The summed E-state index contributed by atoms with van der Waals surface area (Å²) in [5.74, 6) is 1.85. The lowest BCUT2D eigenvalue weighted by molar-refractivity contribution is 0.0300. The SMILES string of the molecule is CC(C)OC(C)C.Cc1nc(Nc2ncc(C(=O)Nc3c(C)cccc3Cl)s2)cc(N2CCN(CCO)CC2)n1. The average Bonchev–Trinajstić information content (AvgIpc) is 3.35. The van der Waals surface area contributed by atoms with Gasteiger partial charge in [0.25, 0.3) is 5.91 Å². The first-order chi connectivity index (χ1) is 19.0. The van der Waals surface area contributed by atoms with Gasteiger partial charge < -0.3 is 25.4 Å². The van der Waals surface area contributed by atoms with Crippen LogP contribution in [0.2, 0.25) is 5.02 Å². The van der Waals surface area contributed by atoms with Crippen LogP contribution in [0.15, 0.2) is 30.5 Å². The number of thiazole rings is 1. The lowest BCUT2D eigenvalue weighted by atomic mass is 10.2. The van der Waals surface area contributed by atoms with Crippen molar-refractivity contribution in [2.75, 3.05) is 54.9 Å². The number of benzene rings is 1. The number of aryl methyl sites for hydroxylation is 2. The number of amides is 1. The van der Waals surface area contributed by atoms with Crippen molar-refractivity contribution in [3.05, 3.63) is 51.7 Å². The lowest BCUT2D eigenvalue weighted by Crippen LogP contribution is -2.47. The molecule has 0 radical (unpaired) electrons. The number of β-amino-alcohol motifs (C(OH)–C–C–N with tert-alkyl or cyclic N) is 1. The molecular weight excluding hydrogens is 550 g/mol. The number of aromatic nitrogens is 3. The molecule has 1 aliphatic heterocycles. The lowest BCUT2D eigenvalue weighted by Gasteiger charge is -2.35. The number of hydrogen-bond acceptors (Lipinski definition) is 10. The highest BCUT2D eigenvalue weighted by Crippen LogP contribution is 2.28. The molecule has 1 amide bonds. The zero-order valence-electron chi connectivity index (χ0n) is 24.1. The second kappa shape index (κ2) is 15.2. The summed E-state index contributed by atoms with van der Waals surface area (Å²) >= 11 is 7.46. The van der Waals surface area contributed by atoms with E-state index in [1.165, 1.54) is 17.5 Å². The number of anilines is 4. The van der Waals surface area contributed by atoms with Crippen LogP contribution < -0.4 is 15.5 Å². The Bertz CT molecular complexity index is 1220. The van der Waals surface area contributed by atoms with Crippen LogP contribution in [0.5, 0.6) is 0 Å². The van der Waals surface area contributed by atoms with E-state index in [-0.39, 0.29) is 12.5 Å². The Kier molecular flexibility index (Phi) is 12.1. The zero-order chi connectivity index (χ0) is 29.2. The fourth-order valence-electron chi connectivity index (χ4n) is 4.18. The first-order valence-corrected chi connectivity index (χ1v) is 14.6. The fraction of sp³-hybridized carbons (Fsp3) is 0.500. The Morgan fingerprint density at radius 1 is 1.12 bits per heavy atom. The number of ether oxygens (including phenoxy) is 1. The summed E-state index contributed by atoms with van der Waals surface area (Å²) < 4.78 is 5.25. The standard InChI is InChI=1S/C22H26ClN7O2S.C6H14O/c1-14-4-3-5-16(23)20(14)28-21(32)17-13-24-22(33-17)27-18-12-19(26-15(2)25-18)30-8-6-29(7-9-30)10-11-31;1-5(2)7-6(3)4/h3-5,12-13,31H,6-11H2,1-2H3,(H,28,32)(H,24,25,26,27);5-6H,1-4H3. The van der Waals surface area contributed by atoms with Crippen molar-refractivity contribution in [3.63, 3.8) is 0 Å². The van der Waals surface area contributed by atoms with Gasteiger partial charge in [0.05, 0.1) is 35.7 Å². The van der Waals surface area contributed by atoms with Crippen molar-refractivity contribution in [3.8, 4) is 0 Å². The van der Waals surface area contributed by atoms with E-state index < -0.39 is 0 Å². The average molecular weight is 590 g/mol. The molecule has 0 aliphatic carbocycles. The Balaban J connectivity index is 0.000000559. The van der Waals surface area contributed by atoms with E-state index in [2.05, 4.69) is 35.4 Å². The van der Waals surface area contributed by atoms with Gasteiger partial charge in [0.1, 0.15) is 22.3 Å². The third-order valence-corrected chi connectivity index (χ3v) is 7.13. The number of halogens is 1. The second-order valence-electron chi connectivity index (χ2n) is 9.99. The summed E-state index contributed by atoms with van der Waals surface area (Å²) in [6.45, 7) is 16.2. The Morgan fingerprint density at radius 3 is 2.42 bits per heavy atom. The third kappa shape index (κ3) is 9.67. The highest BCUT2D eigenvalue weighted by molar-refractivity contribution is 7.17. The molecular formula is C28H40ClN7O3S. The molecule has 1 saturated heterocycles. The Morgan fingerprint density at radius 2 is 1.82 bits per heavy atom. The summed E-state index contributed by atoms with van der Waals surface area (Å²) in [5, 5.41) is 16.2. The number of rotatable bonds is 9. The minimum Gasteiger partial charge on any atom is -0.395 e. The van der Waals surface area contributed by atoms with Crippen molar-refractivity contribution in [2.45, 2.75) is 53.8 Å². The topological polar surface area (TPSA) is 116 Å². The van der Waals surface area contributed by atoms with Crippen molar-refractivity contribution < 1.29 is 14.6 Å². The summed E-state index contributed by atoms with van der Waals surface area (Å²) in [6, 6.07) is 7.37. The molecule has 10 nitrogen and oxygen atoms in total. The summed E-state index contributed by atoms with van der Waals surface area (Å²) in [4.78, 5) is 31.0. The molecule has 3 aromatic rings. The Hall–Kier alpha value is -2.83. The number of piperazine rings is 1. The van der Waals surface area contributed by atoms with Gasteiger partial charge in [-0.1, -0.05) is 35.1 Å². The molecule has 12 heteroatoms. The van der Waals surface area contributed by atoms with Gasteiger partial charge in [0.2, 0.25) is 0 Å². The van der Waals surface area contributed by atoms with Crippen LogP contribution in [0.1, 0.15) is 48.8 Å². The van der Waals surface area contributed by atoms with Crippen LogP contribution in [0, 0.1) is 13.8 Å². The molecule has 0 unspecified atom stereocenters. The highest BCUT2D eigenvalue weighted by atomic mass is 35.5. The molecule has 0 bridgehead atoms. The predicted molar refractivity (Wildman–Crippen MR) is 163 cm³/mol. The zero-order valence-corrected chi connectivity index (χ0v) is 25.6. The van der Waals surface area contributed by atoms with Crippen LogP contribution in [0.25, 0.3) is 0 Å². The van der Waals surface area contributed by atoms with Gasteiger partial charge in [-0.05, 0) is 53.2 Å². The third-order valence-electron chi connectivity index (χ3n) is 5.91. The number of nitrogens with one attached hydrogen (secondary N) is 2. The fourth-order valence-corrected chi connectivity index (χ4v) is 5.16. The molecule has 4 rings (SSSR count). The van der Waals surface area contributed by atoms with Gasteiger partial charge in [-0.3, -0.25) is 9.69 Å². The maximum absolute atomic E-state index is 12.7. The molecule has 2 aromatic heterocycles. The minimum atomic E-state index is -0.267. The summed E-state index contributed by atoms with van der Waals surface area (Å²) in [7, 11) is 0. The first-order valence-electron chi connectivity index (χ1n) is 13.4. The molecule has 3 N–H and O–H groups in total. The van der Waals surface area contributed by atoms with Crippen molar-refractivity contribution in [1.82, 2.24) is 19.9 Å². The molecule has 0 atom stereocenters. The van der Waals surface area contributed by atoms with E-state index in [1.807, 2.05) is 59.7 Å². The normalized spacial score (nSPS) is 13.8. The van der Waals surface area contributed by atoms with Gasteiger partial charge in [-0.15, -0.1) is 0 Å². The van der Waals surface area contributed by atoms with Crippen LogP contribution in [-0.4, -0.2) is 82.4 Å². The quantitative estimate of drug-likeness (QED) is 0.312. The number of carbonyl (C=O) groups is 1. The molecule has 3 heterocycles. The maximum Gasteiger partial charge on any atom is 0.267 e. The van der Waals surface area contributed by atoms with Gasteiger partial charge in [-0.25, -0.2) is 15.0 Å². The molecule has 0 spiro atoms. The molecule has 1 aromatic carbocycles. The summed E-state index contributed by atoms with van der Waals surface area (Å²) in [6.07, 6.45) is 2.28. The van der Waals surface area contributed by atoms with E-state index in [4.69, 9.17) is 21.4 Å². The highest BCUT2D eigenvalue weighted by Gasteiger charge is 2.19. The van der Waals surface area contributed by atoms with Crippen LogP contribution in [0.4, 0.5) is 22.5 Å². The smallest absolute Gasteiger partial charge is 0.267 e. The van der Waals surface area contributed by atoms with E-state index in [9.17, 15) is 4.79 Å². The van der Waals surface area contributed by atoms with Gasteiger partial charge in [0.15, 0.2) is 5.13 Å². The largest absolute Gasteiger partial charge is 0.395 e. The monoisotopic (exact) mass is 589 g/mol. The summed E-state index contributed by atoms with van der Waals surface area (Å²) in [5.41, 5.74) is 1.49. The molecule has 1 fully saturated rings. The van der Waals surface area contributed by atoms with Gasteiger partial charge in [-0.2, -0.15) is 0 Å². The molecule has 0 saturated carbocycles. The molecule has 1 aliphatic rings. The number of carbonyl (C=O) groups excluding carboxylic acids is 1. The van der Waals surface area contributed by atoms with Crippen molar-refractivity contribution in [2.24, 2.45) is 0 Å². The number of para-hydroxylation sites is 1. The number of nitrogens with zero attached hydrogens (tertiary/aromatic N) is 5. The van der Waals surface area contributed by atoms with E-state index in [0.29, 0.717) is 51.1 Å². The second-order valence-corrected chi connectivity index (χ2v) is 11.4. The first kappa shape index (κ1) is 31.7. The van der Waals surface area contributed by atoms with E-state index >= 15 is 0 Å². The van der Waals surface area contributed by atoms with Crippen LogP contribution in [0.3, 0.4) is 0 Å². The predicted octanol–water partition coefficient (Wildman–Crippen LogP) is 5.13. The van der Waals surface area contributed by atoms with Crippen molar-refractivity contribution in [1.29, 1.82) is 0 Å². The van der Waals surface area contributed by atoms with E-state index in [0.717, 1.165) is 37.6 Å². The number of aliphatic hydroxyl groups excluding tert-OH is 1. The molecule has 40 heavy (non-hydrogen) atoms. The Labute approximate surface area is 245 Å². The van der Waals surface area contributed by atoms with Gasteiger partial charge >= 0.3 is 0 Å². The van der Waals surface area contributed by atoms with E-state index in [1.54, 1.807) is 6.07 Å². The van der Waals surface area contributed by atoms with Crippen LogP contribution >= 0.6 is 22.9 Å². The van der Waals surface area contributed by atoms with Crippen LogP contribution in [-0.2, 0) is 4.74 Å². The minimum absolute atomic E-state index is 0.173. The van der Waals surface area contributed by atoms with Crippen molar-refractivity contribution >= 4 is 51.3 Å². The number of hydrogen-bond donors (Lipinski definition) is 3. The number of aliphatic hydroxyl groups is 1. The maximum atomic E-state index is 12.7. The van der Waals surface area contributed by atoms with Gasteiger partial charge in [0, 0.05) is 38.8 Å².